The molecular formula is C10H12F10O. The Balaban J connectivity index is 4.96. The third-order valence-electron chi connectivity index (χ3n) is 2.67. The van der Waals surface area contributed by atoms with Crippen LogP contribution in [0.5, 0.6) is 0 Å². The highest BCUT2D eigenvalue weighted by Gasteiger charge is 2.56. The van der Waals surface area contributed by atoms with Crippen LogP contribution in [-0.2, 0) is 4.74 Å². The van der Waals surface area contributed by atoms with Gasteiger partial charge < -0.3 is 4.74 Å². The lowest BCUT2D eigenvalue weighted by Crippen LogP contribution is -2.52. The summed E-state index contributed by atoms with van der Waals surface area (Å²) < 4.78 is 129. The van der Waals surface area contributed by atoms with Gasteiger partial charge in [0.1, 0.15) is 12.2 Å². The molecule has 4 atom stereocenters. The fourth-order valence-corrected chi connectivity index (χ4v) is 1.27. The number of ether oxygens (including phenoxy) is 1. The van der Waals surface area contributed by atoms with Crippen molar-refractivity contribution in [3.63, 3.8) is 0 Å². The van der Waals surface area contributed by atoms with E-state index in [9.17, 15) is 43.9 Å². The molecule has 0 spiro atoms. The third kappa shape index (κ3) is 4.62. The van der Waals surface area contributed by atoms with Crippen LogP contribution in [0.4, 0.5) is 43.9 Å². The van der Waals surface area contributed by atoms with Gasteiger partial charge in [-0.25, -0.2) is 43.9 Å². The molecule has 0 amide bonds. The summed E-state index contributed by atoms with van der Waals surface area (Å²) in [5, 5.41) is 0. The van der Waals surface area contributed by atoms with Gasteiger partial charge in [0, 0.05) is 0 Å². The molecule has 11 heteroatoms. The van der Waals surface area contributed by atoms with Gasteiger partial charge >= 0.3 is 11.8 Å². The summed E-state index contributed by atoms with van der Waals surface area (Å²) in [6.07, 6.45) is -21.9. The van der Waals surface area contributed by atoms with E-state index in [1.807, 2.05) is 0 Å². The van der Waals surface area contributed by atoms with E-state index in [1.165, 1.54) is 0 Å². The monoisotopic (exact) mass is 338 g/mol. The fraction of sp³-hybridized carbons (Fsp3) is 1.00. The molecule has 0 heterocycles. The van der Waals surface area contributed by atoms with Gasteiger partial charge in [0.25, 0.3) is 12.9 Å². The summed E-state index contributed by atoms with van der Waals surface area (Å²) in [4.78, 5) is 0. The van der Waals surface area contributed by atoms with E-state index < -0.39 is 49.2 Å². The Labute approximate surface area is 113 Å². The summed E-state index contributed by atoms with van der Waals surface area (Å²) in [5.41, 5.74) is 0. The Kier molecular flexibility index (Phi) is 6.77. The maximum Gasteiger partial charge on any atom is 0.309 e. The lowest BCUT2D eigenvalue weighted by atomic mass is 10.1. The first-order chi connectivity index (χ1) is 9.26. The van der Waals surface area contributed by atoms with Crippen molar-refractivity contribution in [1.29, 1.82) is 0 Å². The van der Waals surface area contributed by atoms with Crippen LogP contribution in [0.2, 0.25) is 0 Å². The van der Waals surface area contributed by atoms with Crippen LogP contribution >= 0.6 is 0 Å². The second kappa shape index (κ2) is 7.01. The molecule has 0 saturated heterocycles. The Hall–Kier alpha value is -0.740. The van der Waals surface area contributed by atoms with Crippen molar-refractivity contribution in [3.05, 3.63) is 0 Å². The second-order valence-electron chi connectivity index (χ2n) is 4.24. The number of halogens is 10. The van der Waals surface area contributed by atoms with E-state index in [0.29, 0.717) is 0 Å². The van der Waals surface area contributed by atoms with E-state index >= 15 is 0 Å². The summed E-state index contributed by atoms with van der Waals surface area (Å²) in [6, 6.07) is 0. The van der Waals surface area contributed by atoms with E-state index in [4.69, 9.17) is 0 Å². The molecule has 0 aliphatic carbocycles. The van der Waals surface area contributed by atoms with Crippen molar-refractivity contribution in [3.8, 4) is 0 Å². The predicted octanol–water partition coefficient (Wildman–Crippen LogP) is 4.26. The minimum absolute atomic E-state index is 0.289. The molecule has 0 rings (SSSR count). The normalized spacial score (nSPS) is 19.7. The molecule has 0 saturated carbocycles. The lowest BCUT2D eigenvalue weighted by Gasteiger charge is -2.32. The molecule has 0 aliphatic rings. The first-order valence-corrected chi connectivity index (χ1v) is 5.51. The molecule has 1 nitrogen and oxygen atoms in total. The van der Waals surface area contributed by atoms with E-state index in [0.717, 1.165) is 0 Å². The molecule has 0 fully saturated rings. The van der Waals surface area contributed by atoms with Crippen molar-refractivity contribution in [2.45, 2.75) is 63.1 Å². The number of rotatable bonds is 8. The van der Waals surface area contributed by atoms with Crippen molar-refractivity contribution in [2.24, 2.45) is 0 Å². The van der Waals surface area contributed by atoms with Gasteiger partial charge in [-0.3, -0.25) is 0 Å². The fourth-order valence-electron chi connectivity index (χ4n) is 1.27. The van der Waals surface area contributed by atoms with Gasteiger partial charge in [-0.15, -0.1) is 0 Å². The molecule has 0 aromatic carbocycles. The van der Waals surface area contributed by atoms with E-state index in [1.54, 1.807) is 0 Å². The highest BCUT2D eigenvalue weighted by molar-refractivity contribution is 4.89. The Morgan fingerprint density at radius 3 is 1.05 bits per heavy atom. The maximum absolute atomic E-state index is 13.1. The first kappa shape index (κ1) is 20.3. The molecule has 4 unspecified atom stereocenters. The standard InChI is InChI=1S/C10H12F10O/c1-3(9(17,18)5(11)7(13)14)21-4(2)10(19,20)6(12)8(15)16/h3-8H,1-2H3. The molecule has 21 heavy (non-hydrogen) atoms. The van der Waals surface area contributed by atoms with Crippen LogP contribution in [0.15, 0.2) is 0 Å². The molecule has 0 radical (unpaired) electrons. The average Bonchev–Trinajstić information content (AvgIpc) is 2.35. The Morgan fingerprint density at radius 1 is 0.619 bits per heavy atom. The van der Waals surface area contributed by atoms with Crippen LogP contribution in [-0.4, -0.2) is 49.2 Å². The van der Waals surface area contributed by atoms with Crippen LogP contribution in [0.25, 0.3) is 0 Å². The smallest absolute Gasteiger partial charge is 0.309 e. The zero-order chi connectivity index (χ0) is 17.2. The van der Waals surface area contributed by atoms with Crippen molar-refractivity contribution >= 4 is 0 Å². The lowest BCUT2D eigenvalue weighted by molar-refractivity contribution is -0.252. The summed E-state index contributed by atoms with van der Waals surface area (Å²) in [7, 11) is 0. The summed E-state index contributed by atoms with van der Waals surface area (Å²) >= 11 is 0. The molecule has 128 valence electrons. The highest BCUT2D eigenvalue weighted by Crippen LogP contribution is 2.36. The van der Waals surface area contributed by atoms with Gasteiger partial charge in [-0.1, -0.05) is 0 Å². The summed E-state index contributed by atoms with van der Waals surface area (Å²) in [5.74, 6) is -9.73. The van der Waals surface area contributed by atoms with E-state index in [-0.39, 0.29) is 13.8 Å². The quantitative estimate of drug-likeness (QED) is 0.601. The largest absolute Gasteiger partial charge is 0.363 e. The van der Waals surface area contributed by atoms with Crippen LogP contribution in [0.3, 0.4) is 0 Å². The number of hydrogen-bond donors (Lipinski definition) is 0. The predicted molar refractivity (Wildman–Crippen MR) is 51.7 cm³/mol. The Morgan fingerprint density at radius 2 is 0.857 bits per heavy atom. The molecule has 0 aliphatic heterocycles. The van der Waals surface area contributed by atoms with Gasteiger partial charge in [0.15, 0.2) is 0 Å². The van der Waals surface area contributed by atoms with Gasteiger partial charge in [-0.05, 0) is 13.8 Å². The van der Waals surface area contributed by atoms with Crippen LogP contribution in [0.1, 0.15) is 13.8 Å². The molecule has 0 aromatic rings. The van der Waals surface area contributed by atoms with E-state index in [2.05, 4.69) is 4.74 Å². The second-order valence-corrected chi connectivity index (χ2v) is 4.24. The zero-order valence-corrected chi connectivity index (χ0v) is 10.7. The van der Waals surface area contributed by atoms with Gasteiger partial charge in [-0.2, -0.15) is 0 Å². The number of alkyl halides is 10. The maximum atomic E-state index is 13.1. The van der Waals surface area contributed by atoms with Crippen molar-refractivity contribution in [1.82, 2.24) is 0 Å². The van der Waals surface area contributed by atoms with Crippen molar-refractivity contribution in [2.75, 3.05) is 0 Å². The minimum atomic E-state index is -4.87. The first-order valence-electron chi connectivity index (χ1n) is 5.51. The SMILES string of the molecule is CC(OC(C)C(F)(F)C(F)C(F)F)C(F)(F)C(F)C(F)F. The molecule has 0 bridgehead atoms. The highest BCUT2D eigenvalue weighted by atomic mass is 19.3. The molecule has 0 aromatic heterocycles. The minimum Gasteiger partial charge on any atom is -0.363 e. The molecular weight excluding hydrogens is 326 g/mol. The van der Waals surface area contributed by atoms with Crippen LogP contribution < -0.4 is 0 Å². The Bertz CT molecular complexity index is 291. The average molecular weight is 338 g/mol. The topological polar surface area (TPSA) is 9.23 Å². The van der Waals surface area contributed by atoms with Crippen LogP contribution in [0, 0.1) is 0 Å². The number of hydrogen-bond acceptors (Lipinski definition) is 1. The van der Waals surface area contributed by atoms with Crippen molar-refractivity contribution < 1.29 is 48.6 Å². The third-order valence-corrected chi connectivity index (χ3v) is 2.67. The van der Waals surface area contributed by atoms with Gasteiger partial charge in [0.05, 0.1) is 0 Å². The van der Waals surface area contributed by atoms with Gasteiger partial charge in [0.2, 0.25) is 12.3 Å². The molecule has 0 N–H and O–H groups in total. The zero-order valence-electron chi connectivity index (χ0n) is 10.7. The summed E-state index contributed by atoms with van der Waals surface area (Å²) in [6.45, 7) is 0.578.